The van der Waals surface area contributed by atoms with E-state index in [1.807, 2.05) is 6.92 Å². The molecule has 1 aromatic rings. The number of rotatable bonds is 7. The third-order valence-corrected chi connectivity index (χ3v) is 4.34. The van der Waals surface area contributed by atoms with Gasteiger partial charge in [0.05, 0.1) is 19.1 Å². The van der Waals surface area contributed by atoms with Gasteiger partial charge in [-0.3, -0.25) is 4.79 Å². The van der Waals surface area contributed by atoms with E-state index in [2.05, 4.69) is 24.9 Å². The number of ether oxygens (including phenoxy) is 2. The zero-order valence-corrected chi connectivity index (χ0v) is 16.7. The molecule has 1 N–H and O–H groups in total. The summed E-state index contributed by atoms with van der Waals surface area (Å²) < 4.78 is 46.2. The fourth-order valence-corrected chi connectivity index (χ4v) is 2.92. The summed E-state index contributed by atoms with van der Waals surface area (Å²) in [4.78, 5) is 22.4. The number of guanidine groups is 1. The fourth-order valence-electron chi connectivity index (χ4n) is 2.92. The van der Waals surface area contributed by atoms with Gasteiger partial charge in [-0.1, -0.05) is 6.07 Å². The smallest absolute Gasteiger partial charge is 0.422 e. The Balaban J connectivity index is 1.91. The van der Waals surface area contributed by atoms with Crippen molar-refractivity contribution in [3.8, 4) is 5.88 Å². The van der Waals surface area contributed by atoms with E-state index < -0.39 is 12.8 Å². The molecule has 0 aromatic carbocycles. The Labute approximate surface area is 168 Å². The lowest BCUT2D eigenvalue weighted by atomic mass is 9.97. The highest BCUT2D eigenvalue weighted by atomic mass is 19.4. The zero-order chi connectivity index (χ0) is 21.3. The van der Waals surface area contributed by atoms with E-state index in [9.17, 15) is 18.0 Å². The molecule has 0 spiro atoms. The largest absolute Gasteiger partial charge is 0.468 e. The summed E-state index contributed by atoms with van der Waals surface area (Å²) in [5.74, 6) is 0.422. The topological polar surface area (TPSA) is 76.1 Å². The number of nitrogens with zero attached hydrogens (tertiary/aromatic N) is 3. The van der Waals surface area contributed by atoms with Gasteiger partial charge in [0, 0.05) is 31.9 Å². The van der Waals surface area contributed by atoms with Crippen molar-refractivity contribution in [1.29, 1.82) is 0 Å². The van der Waals surface area contributed by atoms with Crippen LogP contribution in [0.25, 0.3) is 0 Å². The van der Waals surface area contributed by atoms with E-state index in [1.165, 1.54) is 12.3 Å². The van der Waals surface area contributed by atoms with Gasteiger partial charge in [-0.15, -0.1) is 0 Å². The van der Waals surface area contributed by atoms with Gasteiger partial charge in [0.2, 0.25) is 5.88 Å². The van der Waals surface area contributed by atoms with Gasteiger partial charge in [0.1, 0.15) is 0 Å². The Morgan fingerprint density at radius 1 is 1.31 bits per heavy atom. The number of pyridine rings is 1. The molecular formula is C19H27F3N4O3. The van der Waals surface area contributed by atoms with Crippen LogP contribution in [0.1, 0.15) is 32.3 Å². The molecule has 0 aliphatic carbocycles. The summed E-state index contributed by atoms with van der Waals surface area (Å²) in [5.41, 5.74) is 0.751. The molecular weight excluding hydrogens is 389 g/mol. The van der Waals surface area contributed by atoms with E-state index >= 15 is 0 Å². The number of alkyl halides is 3. The quantitative estimate of drug-likeness (QED) is 0.419. The van der Waals surface area contributed by atoms with Gasteiger partial charge in [0.25, 0.3) is 0 Å². The minimum absolute atomic E-state index is 0.0806. The van der Waals surface area contributed by atoms with Crippen molar-refractivity contribution in [2.45, 2.75) is 39.4 Å². The third-order valence-electron chi connectivity index (χ3n) is 4.34. The number of carbonyl (C=O) groups excluding carboxylic acids is 1. The Kier molecular flexibility index (Phi) is 8.53. The van der Waals surface area contributed by atoms with Crippen LogP contribution in [0.3, 0.4) is 0 Å². The highest BCUT2D eigenvalue weighted by molar-refractivity contribution is 5.80. The van der Waals surface area contributed by atoms with Crippen molar-refractivity contribution >= 4 is 11.9 Å². The minimum Gasteiger partial charge on any atom is -0.468 e. The maximum Gasteiger partial charge on any atom is 0.422 e. The first-order valence-corrected chi connectivity index (χ1v) is 9.66. The van der Waals surface area contributed by atoms with E-state index in [4.69, 9.17) is 4.74 Å². The number of carbonyl (C=O) groups is 1. The second-order valence-electron chi connectivity index (χ2n) is 6.59. The lowest BCUT2D eigenvalue weighted by molar-refractivity contribution is -0.154. The first kappa shape index (κ1) is 22.8. The summed E-state index contributed by atoms with van der Waals surface area (Å²) in [6.45, 7) is 5.18. The minimum atomic E-state index is -4.40. The van der Waals surface area contributed by atoms with Crippen LogP contribution in [0.15, 0.2) is 23.3 Å². The van der Waals surface area contributed by atoms with Crippen LogP contribution < -0.4 is 10.1 Å². The molecule has 2 rings (SSSR count). The number of nitrogens with one attached hydrogen (secondary N) is 1. The van der Waals surface area contributed by atoms with E-state index in [0.717, 1.165) is 11.5 Å². The number of halogens is 3. The number of likely N-dealkylation sites (tertiary alicyclic amines) is 1. The van der Waals surface area contributed by atoms with Gasteiger partial charge in [0.15, 0.2) is 12.6 Å². The van der Waals surface area contributed by atoms with Crippen LogP contribution in [-0.2, 0) is 16.1 Å². The number of hydrogen-bond acceptors (Lipinski definition) is 5. The van der Waals surface area contributed by atoms with Crippen molar-refractivity contribution in [2.24, 2.45) is 10.9 Å². The molecule has 1 fully saturated rings. The SMILES string of the molecule is CCNC(=NCc1ccc(OCC(F)(F)F)nc1)N1CCC(C(=O)OCC)CC1. The van der Waals surface area contributed by atoms with Crippen LogP contribution in [-0.4, -0.2) is 60.8 Å². The zero-order valence-electron chi connectivity index (χ0n) is 16.7. The van der Waals surface area contributed by atoms with E-state index in [0.29, 0.717) is 45.6 Å². The third kappa shape index (κ3) is 7.78. The number of aromatic nitrogens is 1. The maximum absolute atomic E-state index is 12.2. The fraction of sp³-hybridized carbons (Fsp3) is 0.632. The van der Waals surface area contributed by atoms with E-state index in [-0.39, 0.29) is 17.8 Å². The molecule has 0 atom stereocenters. The van der Waals surface area contributed by atoms with Crippen LogP contribution >= 0.6 is 0 Å². The highest BCUT2D eigenvalue weighted by Gasteiger charge is 2.29. The van der Waals surface area contributed by atoms with Crippen LogP contribution in [0, 0.1) is 5.92 Å². The lowest BCUT2D eigenvalue weighted by Crippen LogP contribution is -2.46. The molecule has 1 aromatic heterocycles. The summed E-state index contributed by atoms with van der Waals surface area (Å²) in [6, 6.07) is 3.03. The molecule has 7 nitrogen and oxygen atoms in total. The molecule has 2 heterocycles. The molecule has 29 heavy (non-hydrogen) atoms. The second kappa shape index (κ2) is 10.9. The van der Waals surface area contributed by atoms with Crippen molar-refractivity contribution < 1.29 is 27.4 Å². The molecule has 162 valence electrons. The van der Waals surface area contributed by atoms with Crippen LogP contribution in [0.4, 0.5) is 13.2 Å². The predicted molar refractivity (Wildman–Crippen MR) is 102 cm³/mol. The van der Waals surface area contributed by atoms with Gasteiger partial charge < -0.3 is 19.7 Å². The standard InChI is InChI=1S/C19H27F3N4O3/c1-3-23-18(26-9-7-15(8-10-26)17(27)28-4-2)25-12-14-5-6-16(24-11-14)29-13-19(20,21)22/h5-6,11,15H,3-4,7-10,12-13H2,1-2H3,(H,23,25). The maximum atomic E-state index is 12.2. The summed E-state index contributed by atoms with van der Waals surface area (Å²) in [5, 5.41) is 3.23. The number of hydrogen-bond donors (Lipinski definition) is 1. The van der Waals surface area contributed by atoms with Crippen molar-refractivity contribution in [3.05, 3.63) is 23.9 Å². The summed E-state index contributed by atoms with van der Waals surface area (Å²) in [6.07, 6.45) is -1.54. The predicted octanol–water partition coefficient (Wildman–Crippen LogP) is 2.76. The lowest BCUT2D eigenvalue weighted by Gasteiger charge is -2.33. The number of esters is 1. The Morgan fingerprint density at radius 2 is 2.03 bits per heavy atom. The van der Waals surface area contributed by atoms with Crippen molar-refractivity contribution in [3.63, 3.8) is 0 Å². The Hall–Kier alpha value is -2.52. The average Bonchev–Trinajstić information content (AvgIpc) is 2.70. The van der Waals surface area contributed by atoms with E-state index in [1.54, 1.807) is 13.0 Å². The summed E-state index contributed by atoms with van der Waals surface area (Å²) in [7, 11) is 0. The molecule has 1 aliphatic heterocycles. The first-order chi connectivity index (χ1) is 13.8. The van der Waals surface area contributed by atoms with Gasteiger partial charge >= 0.3 is 12.1 Å². The average molecular weight is 416 g/mol. The number of piperidine rings is 1. The first-order valence-electron chi connectivity index (χ1n) is 9.66. The van der Waals surface area contributed by atoms with Crippen molar-refractivity contribution in [1.82, 2.24) is 15.2 Å². The Morgan fingerprint density at radius 3 is 2.59 bits per heavy atom. The molecule has 1 saturated heterocycles. The second-order valence-corrected chi connectivity index (χ2v) is 6.59. The van der Waals surface area contributed by atoms with Gasteiger partial charge in [-0.2, -0.15) is 13.2 Å². The Bertz CT molecular complexity index is 672. The van der Waals surface area contributed by atoms with Crippen LogP contribution in [0.2, 0.25) is 0 Å². The van der Waals surface area contributed by atoms with Crippen LogP contribution in [0.5, 0.6) is 5.88 Å². The molecule has 0 unspecified atom stereocenters. The summed E-state index contributed by atoms with van der Waals surface area (Å²) >= 11 is 0. The molecule has 0 saturated carbocycles. The van der Waals surface area contributed by atoms with Gasteiger partial charge in [-0.05, 0) is 32.3 Å². The monoisotopic (exact) mass is 416 g/mol. The molecule has 0 radical (unpaired) electrons. The molecule has 0 amide bonds. The number of aliphatic imine (C=N–C) groups is 1. The van der Waals surface area contributed by atoms with Gasteiger partial charge in [-0.25, -0.2) is 9.98 Å². The molecule has 1 aliphatic rings. The molecule has 0 bridgehead atoms. The highest BCUT2D eigenvalue weighted by Crippen LogP contribution is 2.19. The van der Waals surface area contributed by atoms with Crippen molar-refractivity contribution in [2.75, 3.05) is 32.8 Å². The normalized spacial score (nSPS) is 15.9. The molecule has 10 heteroatoms.